The zero-order chi connectivity index (χ0) is 19.3. The van der Waals surface area contributed by atoms with E-state index in [1.807, 2.05) is 6.92 Å². The van der Waals surface area contributed by atoms with Gasteiger partial charge < -0.3 is 24.2 Å². The van der Waals surface area contributed by atoms with E-state index >= 15 is 0 Å². The van der Waals surface area contributed by atoms with E-state index in [9.17, 15) is 9.59 Å². The summed E-state index contributed by atoms with van der Waals surface area (Å²) in [6, 6.07) is 4.81. The predicted molar refractivity (Wildman–Crippen MR) is 94.3 cm³/mol. The van der Waals surface area contributed by atoms with Gasteiger partial charge in [0.25, 0.3) is 5.91 Å². The molecule has 0 unspecified atom stereocenters. The third-order valence-corrected chi connectivity index (χ3v) is 4.05. The summed E-state index contributed by atoms with van der Waals surface area (Å²) in [5, 5.41) is 6.48. The number of nitrogens with one attached hydrogen (secondary N) is 1. The van der Waals surface area contributed by atoms with Gasteiger partial charge in [0.15, 0.2) is 11.5 Å². The maximum absolute atomic E-state index is 12.3. The lowest BCUT2D eigenvalue weighted by Crippen LogP contribution is -2.38. The van der Waals surface area contributed by atoms with Gasteiger partial charge in [0.2, 0.25) is 5.91 Å². The predicted octanol–water partition coefficient (Wildman–Crippen LogP) is 1.70. The Morgan fingerprint density at radius 3 is 2.46 bits per heavy atom. The third-order valence-electron chi connectivity index (χ3n) is 4.05. The Kier molecular flexibility index (Phi) is 6.21. The number of hydrogen-bond acceptors (Lipinski definition) is 6. The molecular weight excluding hydrogens is 338 g/mol. The number of likely N-dealkylation sites (N-methyl/N-ethyl adjacent to an activating group) is 1. The van der Waals surface area contributed by atoms with Crippen LogP contribution in [0, 0.1) is 13.8 Å². The minimum Gasteiger partial charge on any atom is -0.493 e. The Balaban J connectivity index is 1.95. The van der Waals surface area contributed by atoms with Gasteiger partial charge in [0.05, 0.1) is 33.0 Å². The van der Waals surface area contributed by atoms with Gasteiger partial charge in [-0.15, -0.1) is 0 Å². The molecular formula is C18H23N3O5. The number of methoxy groups -OCH3 is 2. The summed E-state index contributed by atoms with van der Waals surface area (Å²) in [6.07, 6.45) is 0. The van der Waals surface area contributed by atoms with Gasteiger partial charge in [-0.05, 0) is 32.0 Å². The van der Waals surface area contributed by atoms with Crippen molar-refractivity contribution in [3.63, 3.8) is 0 Å². The number of benzene rings is 1. The van der Waals surface area contributed by atoms with Crippen molar-refractivity contribution in [2.24, 2.45) is 0 Å². The summed E-state index contributed by atoms with van der Waals surface area (Å²) < 4.78 is 15.4. The molecule has 0 fully saturated rings. The zero-order valence-corrected chi connectivity index (χ0v) is 15.6. The molecule has 2 rings (SSSR count). The molecule has 1 N–H and O–H groups in total. The molecule has 0 saturated heterocycles. The second-order valence-electron chi connectivity index (χ2n) is 5.80. The molecule has 26 heavy (non-hydrogen) atoms. The van der Waals surface area contributed by atoms with Crippen LogP contribution >= 0.6 is 0 Å². The molecule has 8 nitrogen and oxygen atoms in total. The number of aryl methyl sites for hydroxylation is 2. The average Bonchev–Trinajstić information content (AvgIpc) is 2.96. The largest absolute Gasteiger partial charge is 0.493 e. The highest BCUT2D eigenvalue weighted by Gasteiger charge is 2.17. The van der Waals surface area contributed by atoms with Crippen LogP contribution in [0.4, 0.5) is 0 Å². The third kappa shape index (κ3) is 4.33. The van der Waals surface area contributed by atoms with Gasteiger partial charge in [-0.2, -0.15) is 0 Å². The van der Waals surface area contributed by atoms with Crippen LogP contribution in [-0.4, -0.2) is 49.7 Å². The lowest BCUT2D eigenvalue weighted by atomic mass is 10.2. The first-order chi connectivity index (χ1) is 12.4. The van der Waals surface area contributed by atoms with Gasteiger partial charge in [0, 0.05) is 18.2 Å². The highest BCUT2D eigenvalue weighted by Crippen LogP contribution is 2.27. The van der Waals surface area contributed by atoms with E-state index in [1.165, 1.54) is 19.1 Å². The Bertz CT molecular complexity index is 781. The quantitative estimate of drug-likeness (QED) is 0.807. The topological polar surface area (TPSA) is 93.9 Å². The molecule has 2 aromatic rings. The molecule has 0 radical (unpaired) electrons. The Morgan fingerprint density at radius 1 is 1.19 bits per heavy atom. The molecule has 0 bridgehead atoms. The number of hydrogen-bond donors (Lipinski definition) is 1. The molecule has 1 heterocycles. The fourth-order valence-electron chi connectivity index (χ4n) is 2.42. The highest BCUT2D eigenvalue weighted by atomic mass is 16.5. The zero-order valence-electron chi connectivity index (χ0n) is 15.6. The normalized spacial score (nSPS) is 10.3. The van der Waals surface area contributed by atoms with Crippen LogP contribution in [0.5, 0.6) is 11.5 Å². The lowest BCUT2D eigenvalue weighted by Gasteiger charge is -2.17. The summed E-state index contributed by atoms with van der Waals surface area (Å²) in [4.78, 5) is 26.0. The second kappa shape index (κ2) is 8.37. The number of carbonyl (C=O) groups excluding carboxylic acids is 2. The molecule has 0 aliphatic carbocycles. The molecule has 2 amide bonds. The molecule has 1 aromatic heterocycles. The highest BCUT2D eigenvalue weighted by molar-refractivity contribution is 5.97. The van der Waals surface area contributed by atoms with Crippen LogP contribution < -0.4 is 14.8 Å². The number of aromatic nitrogens is 1. The van der Waals surface area contributed by atoms with Crippen LogP contribution in [-0.2, 0) is 11.3 Å². The average molecular weight is 361 g/mol. The summed E-state index contributed by atoms with van der Waals surface area (Å²) in [6.45, 7) is 3.87. The van der Waals surface area contributed by atoms with Gasteiger partial charge in [0.1, 0.15) is 5.76 Å². The van der Waals surface area contributed by atoms with E-state index in [2.05, 4.69) is 10.5 Å². The first kappa shape index (κ1) is 19.3. The van der Waals surface area contributed by atoms with Crippen molar-refractivity contribution in [3.8, 4) is 11.5 Å². The van der Waals surface area contributed by atoms with E-state index < -0.39 is 0 Å². The number of rotatable bonds is 7. The van der Waals surface area contributed by atoms with Crippen LogP contribution in [0.3, 0.4) is 0 Å². The number of carbonyl (C=O) groups is 2. The van der Waals surface area contributed by atoms with Gasteiger partial charge >= 0.3 is 0 Å². The van der Waals surface area contributed by atoms with E-state index in [4.69, 9.17) is 14.0 Å². The SMILES string of the molecule is COc1ccc(C(=O)NCC(=O)N(C)Cc2c(C)noc2C)cc1OC. The molecule has 8 heteroatoms. The van der Waals surface area contributed by atoms with Crippen LogP contribution in [0.25, 0.3) is 0 Å². The maximum Gasteiger partial charge on any atom is 0.251 e. The minimum atomic E-state index is -0.370. The van der Waals surface area contributed by atoms with Crippen LogP contribution in [0.2, 0.25) is 0 Å². The molecule has 0 atom stereocenters. The lowest BCUT2D eigenvalue weighted by molar-refractivity contribution is -0.129. The molecule has 140 valence electrons. The van der Waals surface area contributed by atoms with E-state index in [0.717, 1.165) is 11.3 Å². The number of ether oxygens (including phenoxy) is 2. The van der Waals surface area contributed by atoms with Crippen molar-refractivity contribution < 1.29 is 23.6 Å². The first-order valence-electron chi connectivity index (χ1n) is 8.03. The van der Waals surface area contributed by atoms with Gasteiger partial charge in [-0.3, -0.25) is 9.59 Å². The summed E-state index contributed by atoms with van der Waals surface area (Å²) in [5.74, 6) is 1.06. The van der Waals surface area contributed by atoms with Crippen molar-refractivity contribution in [2.45, 2.75) is 20.4 Å². The summed E-state index contributed by atoms with van der Waals surface area (Å²) in [7, 11) is 4.68. The Labute approximate surface area is 152 Å². The van der Waals surface area contributed by atoms with Gasteiger partial charge in [-0.1, -0.05) is 5.16 Å². The van der Waals surface area contributed by atoms with Crippen molar-refractivity contribution in [3.05, 3.63) is 40.8 Å². The monoisotopic (exact) mass is 361 g/mol. The Morgan fingerprint density at radius 2 is 1.88 bits per heavy atom. The molecule has 1 aromatic carbocycles. The van der Waals surface area contributed by atoms with E-state index in [-0.39, 0.29) is 18.4 Å². The van der Waals surface area contributed by atoms with Crippen molar-refractivity contribution in [1.29, 1.82) is 0 Å². The van der Waals surface area contributed by atoms with E-state index in [1.54, 1.807) is 32.2 Å². The molecule has 0 spiro atoms. The minimum absolute atomic E-state index is 0.118. The Hall–Kier alpha value is -3.03. The van der Waals surface area contributed by atoms with Crippen LogP contribution in [0.15, 0.2) is 22.7 Å². The standard InChI is InChI=1S/C18H23N3O5/c1-11-14(12(2)26-20-11)10-21(3)17(22)9-19-18(23)13-6-7-15(24-4)16(8-13)25-5/h6-8H,9-10H2,1-5H3,(H,19,23). The first-order valence-corrected chi connectivity index (χ1v) is 8.03. The number of amides is 2. The molecule has 0 saturated carbocycles. The number of nitrogens with zero attached hydrogens (tertiary/aromatic N) is 2. The fourth-order valence-corrected chi connectivity index (χ4v) is 2.42. The van der Waals surface area contributed by atoms with Crippen LogP contribution in [0.1, 0.15) is 27.4 Å². The van der Waals surface area contributed by atoms with E-state index in [0.29, 0.717) is 29.4 Å². The van der Waals surface area contributed by atoms with Crippen molar-refractivity contribution in [1.82, 2.24) is 15.4 Å². The summed E-state index contributed by atoms with van der Waals surface area (Å²) >= 11 is 0. The maximum atomic E-state index is 12.3. The fraction of sp³-hybridized carbons (Fsp3) is 0.389. The molecule has 0 aliphatic heterocycles. The smallest absolute Gasteiger partial charge is 0.251 e. The summed E-state index contributed by atoms with van der Waals surface area (Å²) in [5.41, 5.74) is 1.99. The van der Waals surface area contributed by atoms with Gasteiger partial charge in [-0.25, -0.2) is 0 Å². The van der Waals surface area contributed by atoms with Crippen molar-refractivity contribution in [2.75, 3.05) is 27.8 Å². The molecule has 0 aliphatic rings. The van der Waals surface area contributed by atoms with Crippen molar-refractivity contribution >= 4 is 11.8 Å². The second-order valence-corrected chi connectivity index (χ2v) is 5.80.